The van der Waals surface area contributed by atoms with Gasteiger partial charge in [0.2, 0.25) is 0 Å². The van der Waals surface area contributed by atoms with Crippen molar-refractivity contribution in [2.45, 2.75) is 46.3 Å². The molecule has 4 heterocycles. The number of thiazole rings is 1. The number of halogens is 1. The molecule has 0 saturated carbocycles. The first-order valence-corrected chi connectivity index (χ1v) is 15.0. The molecule has 0 fully saturated rings. The second-order valence-corrected chi connectivity index (χ2v) is 13.0. The Hall–Kier alpha value is -4.18. The van der Waals surface area contributed by atoms with Crippen molar-refractivity contribution in [2.24, 2.45) is 7.05 Å². The minimum Gasteiger partial charge on any atom is -0.479 e. The number of hydrogen-bond donors (Lipinski definition) is 1. The summed E-state index contributed by atoms with van der Waals surface area (Å²) in [6, 6.07) is 15.3. The molecule has 43 heavy (non-hydrogen) atoms. The molecular formula is C33H30ClN5O3S. The van der Waals surface area contributed by atoms with E-state index in [-0.39, 0.29) is 0 Å². The maximum absolute atomic E-state index is 12.6. The van der Waals surface area contributed by atoms with E-state index >= 15 is 0 Å². The molecule has 6 aromatic rings. The Morgan fingerprint density at radius 3 is 2.44 bits per heavy atom. The van der Waals surface area contributed by atoms with E-state index in [1.165, 1.54) is 11.3 Å². The van der Waals surface area contributed by atoms with Crippen molar-refractivity contribution in [3.8, 4) is 33.1 Å². The highest BCUT2D eigenvalue weighted by Crippen LogP contribution is 2.44. The molecule has 8 nitrogen and oxygen atoms in total. The number of carboxylic acids is 1. The quantitative estimate of drug-likeness (QED) is 0.202. The van der Waals surface area contributed by atoms with Crippen LogP contribution in [0.2, 0.25) is 5.02 Å². The summed E-state index contributed by atoms with van der Waals surface area (Å²) >= 11 is 7.74. The van der Waals surface area contributed by atoms with Crippen LogP contribution in [0.5, 0.6) is 0 Å². The van der Waals surface area contributed by atoms with Crippen LogP contribution in [0.1, 0.15) is 43.7 Å². The number of nitrogens with zero attached hydrogens (tertiary/aromatic N) is 5. The zero-order valence-corrected chi connectivity index (χ0v) is 26.2. The van der Waals surface area contributed by atoms with E-state index in [1.807, 2.05) is 88.9 Å². The third kappa shape index (κ3) is 5.51. The molecule has 6 rings (SSSR count). The minimum absolute atomic E-state index is 0.595. The van der Waals surface area contributed by atoms with Crippen LogP contribution < -0.4 is 0 Å². The van der Waals surface area contributed by atoms with E-state index in [4.69, 9.17) is 21.3 Å². The summed E-state index contributed by atoms with van der Waals surface area (Å²) in [5.74, 6) is -1.05. The predicted octanol–water partition coefficient (Wildman–Crippen LogP) is 8.19. The van der Waals surface area contributed by atoms with Gasteiger partial charge in [-0.05, 0) is 82.1 Å². The van der Waals surface area contributed by atoms with Crippen LogP contribution in [0, 0.1) is 13.8 Å². The third-order valence-corrected chi connectivity index (χ3v) is 8.60. The number of ether oxygens (including phenoxy) is 1. The lowest BCUT2D eigenvalue weighted by Crippen LogP contribution is -2.28. The van der Waals surface area contributed by atoms with Crippen molar-refractivity contribution in [3.05, 3.63) is 82.8 Å². The normalized spacial score (nSPS) is 12.7. The summed E-state index contributed by atoms with van der Waals surface area (Å²) in [4.78, 5) is 26.9. The Kier molecular flexibility index (Phi) is 7.28. The molecule has 1 unspecified atom stereocenters. The number of carbonyl (C=O) groups is 1. The Balaban J connectivity index is 1.53. The van der Waals surface area contributed by atoms with Gasteiger partial charge in [0.1, 0.15) is 5.01 Å². The fraction of sp³-hybridized carbons (Fsp3) is 0.242. The van der Waals surface area contributed by atoms with Gasteiger partial charge in [-0.3, -0.25) is 14.6 Å². The Labute approximate surface area is 258 Å². The molecule has 0 saturated heterocycles. The molecule has 0 amide bonds. The van der Waals surface area contributed by atoms with Crippen molar-refractivity contribution in [2.75, 3.05) is 0 Å². The van der Waals surface area contributed by atoms with E-state index in [1.54, 1.807) is 18.3 Å². The number of hydrogen-bond acceptors (Lipinski definition) is 7. The zero-order chi connectivity index (χ0) is 30.6. The summed E-state index contributed by atoms with van der Waals surface area (Å²) in [5.41, 5.74) is 7.34. The number of fused-ring (bicyclic) bond motifs is 2. The Morgan fingerprint density at radius 1 is 1.02 bits per heavy atom. The highest BCUT2D eigenvalue weighted by molar-refractivity contribution is 7.22. The van der Waals surface area contributed by atoms with Gasteiger partial charge in [0.15, 0.2) is 6.10 Å². The van der Waals surface area contributed by atoms with Gasteiger partial charge >= 0.3 is 5.97 Å². The second kappa shape index (κ2) is 10.8. The van der Waals surface area contributed by atoms with Gasteiger partial charge in [0.25, 0.3) is 0 Å². The largest absolute Gasteiger partial charge is 0.479 e. The van der Waals surface area contributed by atoms with Gasteiger partial charge in [-0.2, -0.15) is 5.10 Å². The molecule has 1 N–H and O–H groups in total. The summed E-state index contributed by atoms with van der Waals surface area (Å²) in [6.07, 6.45) is 2.40. The summed E-state index contributed by atoms with van der Waals surface area (Å²) in [6.45, 7) is 9.45. The molecule has 218 valence electrons. The van der Waals surface area contributed by atoms with Gasteiger partial charge < -0.3 is 9.84 Å². The third-order valence-electron chi connectivity index (χ3n) is 7.21. The van der Waals surface area contributed by atoms with E-state index < -0.39 is 17.7 Å². The molecule has 0 aliphatic rings. The van der Waals surface area contributed by atoms with Gasteiger partial charge in [-0.15, -0.1) is 11.3 Å². The second-order valence-electron chi connectivity index (χ2n) is 11.5. The lowest BCUT2D eigenvalue weighted by molar-refractivity contribution is -0.160. The van der Waals surface area contributed by atoms with Gasteiger partial charge in [-0.1, -0.05) is 23.7 Å². The van der Waals surface area contributed by atoms with E-state index in [2.05, 4.69) is 15.1 Å². The Bertz CT molecular complexity index is 2030. The maximum Gasteiger partial charge on any atom is 0.337 e. The first kappa shape index (κ1) is 28.9. The van der Waals surface area contributed by atoms with Crippen LogP contribution in [-0.4, -0.2) is 41.4 Å². The lowest BCUT2D eigenvalue weighted by Gasteiger charge is -2.28. The average molecular weight is 612 g/mol. The van der Waals surface area contributed by atoms with Crippen molar-refractivity contribution in [1.29, 1.82) is 0 Å². The fourth-order valence-electron chi connectivity index (χ4n) is 5.33. The highest BCUT2D eigenvalue weighted by atomic mass is 35.5. The molecule has 4 aromatic heterocycles. The molecule has 0 spiro atoms. The number of pyridine rings is 2. The van der Waals surface area contributed by atoms with Gasteiger partial charge in [-0.25, -0.2) is 9.78 Å². The standard InChI is InChI=1S/C33H30ClN5O3S/c1-17-13-25-30(28(19-7-9-21(34)10-8-19)27(17)29(32(40)41)42-33(3,4)5)43-31(37-25)20-11-12-35-23(14-20)24-15-22-18(2)38-39(6)26(22)16-36-24/h7-16,29H,1-6H3,(H,40,41). The minimum atomic E-state index is -1.18. The number of aryl methyl sites for hydroxylation is 3. The molecule has 0 aliphatic carbocycles. The van der Waals surface area contributed by atoms with Crippen molar-refractivity contribution >= 4 is 50.0 Å². The number of aliphatic carboxylic acids is 1. The topological polar surface area (TPSA) is 103 Å². The first-order chi connectivity index (χ1) is 20.4. The fourth-order valence-corrected chi connectivity index (χ4v) is 6.58. The lowest BCUT2D eigenvalue weighted by atomic mass is 9.91. The van der Waals surface area contributed by atoms with Crippen LogP contribution in [0.4, 0.5) is 0 Å². The predicted molar refractivity (Wildman–Crippen MR) is 171 cm³/mol. The van der Waals surface area contributed by atoms with Crippen molar-refractivity contribution < 1.29 is 14.6 Å². The Morgan fingerprint density at radius 2 is 1.74 bits per heavy atom. The molecule has 0 aliphatic heterocycles. The van der Waals surface area contributed by atoms with Crippen LogP contribution in [0.25, 0.3) is 54.2 Å². The molecule has 0 bridgehead atoms. The smallest absolute Gasteiger partial charge is 0.337 e. The first-order valence-electron chi connectivity index (χ1n) is 13.8. The molecule has 1 atom stereocenters. The molecular weight excluding hydrogens is 582 g/mol. The van der Waals surface area contributed by atoms with E-state index in [0.717, 1.165) is 65.5 Å². The average Bonchev–Trinajstić information content (AvgIpc) is 3.51. The molecule has 10 heteroatoms. The summed E-state index contributed by atoms with van der Waals surface area (Å²) < 4.78 is 8.82. The molecule has 2 aromatic carbocycles. The van der Waals surface area contributed by atoms with Crippen molar-refractivity contribution in [1.82, 2.24) is 24.7 Å². The van der Waals surface area contributed by atoms with Crippen molar-refractivity contribution in [3.63, 3.8) is 0 Å². The highest BCUT2D eigenvalue weighted by Gasteiger charge is 2.32. The SMILES string of the molecule is Cc1cc2nc(-c3ccnc(-c4cc5c(C)nn(C)c5cn4)c3)sc2c(-c2ccc(Cl)cc2)c1C(OC(C)(C)C)C(=O)O. The van der Waals surface area contributed by atoms with Crippen LogP contribution >= 0.6 is 22.9 Å². The van der Waals surface area contributed by atoms with Crippen LogP contribution in [0.15, 0.2) is 60.9 Å². The summed E-state index contributed by atoms with van der Waals surface area (Å²) in [5, 5.41) is 17.2. The van der Waals surface area contributed by atoms with Gasteiger partial charge in [0.05, 0.1) is 44.6 Å². The molecule has 0 radical (unpaired) electrons. The zero-order valence-electron chi connectivity index (χ0n) is 24.6. The number of carboxylic acid groups (broad SMARTS) is 1. The van der Waals surface area contributed by atoms with Crippen LogP contribution in [-0.2, 0) is 16.6 Å². The van der Waals surface area contributed by atoms with Crippen LogP contribution in [0.3, 0.4) is 0 Å². The number of benzene rings is 2. The summed E-state index contributed by atoms with van der Waals surface area (Å²) in [7, 11) is 1.90. The van der Waals surface area contributed by atoms with E-state index in [0.29, 0.717) is 10.6 Å². The number of rotatable bonds is 6. The number of aromatic nitrogens is 5. The monoisotopic (exact) mass is 611 g/mol. The van der Waals surface area contributed by atoms with Gasteiger partial charge in [0, 0.05) is 40.3 Å². The maximum atomic E-state index is 12.6. The van der Waals surface area contributed by atoms with E-state index in [9.17, 15) is 9.90 Å².